The maximum Gasteiger partial charge on any atom is 0.243 e. The third-order valence-electron chi connectivity index (χ3n) is 4.29. The van der Waals surface area contributed by atoms with E-state index in [4.69, 9.17) is 5.73 Å². The highest BCUT2D eigenvalue weighted by Crippen LogP contribution is 2.17. The number of nitrogens with two attached hydrogens (primary N) is 1. The fraction of sp³-hybridized carbons (Fsp3) is 0.529. The normalized spacial score (nSPS) is 12.1. The Morgan fingerprint density at radius 3 is 2.15 bits per heavy atom. The number of carbonyl (C=O) groups is 2. The van der Waals surface area contributed by atoms with Crippen LogP contribution < -0.4 is 16.4 Å². The average Bonchev–Trinajstić information content (AvgIpc) is 2.59. The molecule has 0 fully saturated rings. The zero-order valence-electron chi connectivity index (χ0n) is 15.7. The molecule has 9 heteroatoms. The Bertz CT molecular complexity index is 728. The highest BCUT2D eigenvalue weighted by atomic mass is 32.2. The fourth-order valence-corrected chi connectivity index (χ4v) is 3.34. The smallest absolute Gasteiger partial charge is 0.243 e. The molecule has 1 aromatic carbocycles. The Morgan fingerprint density at radius 1 is 1.15 bits per heavy atom. The molecule has 8 nitrogen and oxygen atoms in total. The highest BCUT2D eigenvalue weighted by Gasteiger charge is 2.25. The summed E-state index contributed by atoms with van der Waals surface area (Å²) in [7, 11) is -2.48. The van der Waals surface area contributed by atoms with Crippen molar-refractivity contribution in [3.8, 4) is 0 Å². The van der Waals surface area contributed by atoms with Crippen molar-refractivity contribution in [1.82, 2.24) is 9.62 Å². The van der Waals surface area contributed by atoms with Crippen LogP contribution in [0.1, 0.15) is 33.6 Å². The first-order valence-corrected chi connectivity index (χ1v) is 9.87. The van der Waals surface area contributed by atoms with Gasteiger partial charge < -0.3 is 16.4 Å². The van der Waals surface area contributed by atoms with E-state index in [1.54, 1.807) is 0 Å². The summed E-state index contributed by atoms with van der Waals surface area (Å²) in [5.74, 6) is -0.660. The molecule has 0 aliphatic carbocycles. The lowest BCUT2D eigenvalue weighted by Gasteiger charge is -2.27. The standard InChI is InChI=1S/C17H28N4O4S/c1-5-17(18,6-2)12-19-16(23)11-21(4)26(24,25)15-9-7-14(8-10-15)20-13(3)22/h7-10H,5-6,11-12,18H2,1-4H3,(H,19,23)(H,20,22). The summed E-state index contributed by atoms with van der Waals surface area (Å²) in [6.07, 6.45) is 1.41. The number of likely N-dealkylation sites (N-methyl/N-ethyl adjacent to an activating group) is 1. The van der Waals surface area contributed by atoms with E-state index in [-0.39, 0.29) is 23.9 Å². The van der Waals surface area contributed by atoms with E-state index in [9.17, 15) is 18.0 Å². The van der Waals surface area contributed by atoms with Crippen molar-refractivity contribution in [2.75, 3.05) is 25.5 Å². The molecule has 0 heterocycles. The molecule has 0 aromatic heterocycles. The quantitative estimate of drug-likeness (QED) is 0.584. The van der Waals surface area contributed by atoms with Gasteiger partial charge in [-0.25, -0.2) is 8.42 Å². The topological polar surface area (TPSA) is 122 Å². The molecule has 1 rings (SSSR count). The van der Waals surface area contributed by atoms with Gasteiger partial charge in [0.25, 0.3) is 0 Å². The molecule has 0 spiro atoms. The molecule has 146 valence electrons. The van der Waals surface area contributed by atoms with Crippen molar-refractivity contribution in [3.05, 3.63) is 24.3 Å². The number of sulfonamides is 1. The summed E-state index contributed by atoms with van der Waals surface area (Å²) >= 11 is 0. The monoisotopic (exact) mass is 384 g/mol. The third kappa shape index (κ3) is 6.08. The zero-order valence-corrected chi connectivity index (χ0v) is 16.5. The third-order valence-corrected chi connectivity index (χ3v) is 6.11. The predicted molar refractivity (Wildman–Crippen MR) is 101 cm³/mol. The van der Waals surface area contributed by atoms with Crippen LogP contribution in [-0.4, -0.2) is 50.2 Å². The van der Waals surface area contributed by atoms with Gasteiger partial charge in [-0.1, -0.05) is 13.8 Å². The minimum absolute atomic E-state index is 0.0391. The number of nitrogens with zero attached hydrogens (tertiary/aromatic N) is 1. The van der Waals surface area contributed by atoms with Gasteiger partial charge in [0.05, 0.1) is 11.4 Å². The van der Waals surface area contributed by atoms with E-state index in [2.05, 4.69) is 10.6 Å². The zero-order chi connectivity index (χ0) is 20.0. The number of anilines is 1. The second-order valence-corrected chi connectivity index (χ2v) is 8.36. The number of benzene rings is 1. The van der Waals surface area contributed by atoms with E-state index >= 15 is 0 Å². The first kappa shape index (κ1) is 22.1. The Hall–Kier alpha value is -1.97. The van der Waals surface area contributed by atoms with Gasteiger partial charge in [-0.2, -0.15) is 4.31 Å². The van der Waals surface area contributed by atoms with E-state index in [1.807, 2.05) is 13.8 Å². The lowest BCUT2D eigenvalue weighted by Crippen LogP contribution is -2.51. The summed E-state index contributed by atoms with van der Waals surface area (Å²) in [4.78, 5) is 23.1. The Morgan fingerprint density at radius 2 is 1.69 bits per heavy atom. The molecular weight excluding hydrogens is 356 g/mol. The van der Waals surface area contributed by atoms with Crippen LogP contribution in [0, 0.1) is 0 Å². The largest absolute Gasteiger partial charge is 0.353 e. The number of nitrogens with one attached hydrogen (secondary N) is 2. The van der Waals surface area contributed by atoms with Crippen molar-refractivity contribution < 1.29 is 18.0 Å². The summed E-state index contributed by atoms with van der Waals surface area (Å²) in [6.45, 7) is 5.23. The lowest BCUT2D eigenvalue weighted by atomic mass is 9.94. The van der Waals surface area contributed by atoms with Crippen molar-refractivity contribution in [3.63, 3.8) is 0 Å². The van der Waals surface area contributed by atoms with Crippen LogP contribution in [0.5, 0.6) is 0 Å². The minimum Gasteiger partial charge on any atom is -0.353 e. The predicted octanol–water partition coefficient (Wildman–Crippen LogP) is 0.899. The van der Waals surface area contributed by atoms with E-state index in [0.717, 1.165) is 4.31 Å². The fourth-order valence-electron chi connectivity index (χ4n) is 2.21. The molecule has 0 unspecified atom stereocenters. The van der Waals surface area contributed by atoms with E-state index < -0.39 is 21.5 Å². The van der Waals surface area contributed by atoms with Gasteiger partial charge >= 0.3 is 0 Å². The van der Waals surface area contributed by atoms with Gasteiger partial charge in [-0.3, -0.25) is 9.59 Å². The minimum atomic E-state index is -3.82. The van der Waals surface area contributed by atoms with Crippen LogP contribution in [0.25, 0.3) is 0 Å². The maximum atomic E-state index is 12.5. The van der Waals surface area contributed by atoms with Gasteiger partial charge in [0.2, 0.25) is 21.8 Å². The van der Waals surface area contributed by atoms with Crippen molar-refractivity contribution >= 4 is 27.5 Å². The van der Waals surface area contributed by atoms with Crippen LogP contribution in [0.2, 0.25) is 0 Å². The van der Waals surface area contributed by atoms with E-state index in [1.165, 1.54) is 38.2 Å². The second-order valence-electron chi connectivity index (χ2n) is 6.31. The summed E-state index contributed by atoms with van der Waals surface area (Å²) < 4.78 is 26.1. The SMILES string of the molecule is CCC(N)(CC)CNC(=O)CN(C)S(=O)(=O)c1ccc(NC(C)=O)cc1. The Balaban J connectivity index is 2.74. The van der Waals surface area contributed by atoms with E-state index in [0.29, 0.717) is 18.5 Å². The summed E-state index contributed by atoms with van der Waals surface area (Å²) in [5.41, 5.74) is 6.13. The molecule has 0 saturated carbocycles. The number of hydrogen-bond donors (Lipinski definition) is 3. The molecule has 0 aliphatic heterocycles. The van der Waals surface area contributed by atoms with Crippen LogP contribution in [-0.2, 0) is 19.6 Å². The molecule has 1 aromatic rings. The Labute approximate surface area is 155 Å². The maximum absolute atomic E-state index is 12.5. The van der Waals surface area contributed by atoms with Gasteiger partial charge in [0.1, 0.15) is 0 Å². The Kier molecular flexibility index (Phi) is 7.73. The van der Waals surface area contributed by atoms with Crippen LogP contribution in [0.15, 0.2) is 29.2 Å². The molecular formula is C17H28N4O4S. The van der Waals surface area contributed by atoms with Gasteiger partial charge in [0.15, 0.2) is 0 Å². The van der Waals surface area contributed by atoms with Gasteiger partial charge in [-0.15, -0.1) is 0 Å². The number of carbonyl (C=O) groups excluding carboxylic acids is 2. The molecule has 2 amide bonds. The molecule has 0 aliphatic rings. The average molecular weight is 385 g/mol. The molecule has 0 atom stereocenters. The number of rotatable bonds is 9. The van der Waals surface area contributed by atoms with Crippen LogP contribution in [0.4, 0.5) is 5.69 Å². The summed E-state index contributed by atoms with van der Waals surface area (Å²) in [6, 6.07) is 5.75. The first-order chi connectivity index (χ1) is 12.0. The molecule has 0 saturated heterocycles. The summed E-state index contributed by atoms with van der Waals surface area (Å²) in [5, 5.41) is 5.26. The van der Waals surface area contributed by atoms with Gasteiger partial charge in [-0.05, 0) is 37.1 Å². The first-order valence-electron chi connectivity index (χ1n) is 8.43. The molecule has 0 bridgehead atoms. The van der Waals surface area contributed by atoms with Crippen molar-refractivity contribution in [2.45, 2.75) is 44.0 Å². The lowest BCUT2D eigenvalue weighted by molar-refractivity contribution is -0.121. The molecule has 4 N–H and O–H groups in total. The van der Waals surface area contributed by atoms with Gasteiger partial charge in [0, 0.05) is 31.7 Å². The van der Waals surface area contributed by atoms with Crippen molar-refractivity contribution in [2.24, 2.45) is 5.73 Å². The van der Waals surface area contributed by atoms with Crippen molar-refractivity contribution in [1.29, 1.82) is 0 Å². The number of hydrogen-bond acceptors (Lipinski definition) is 5. The number of amides is 2. The van der Waals surface area contributed by atoms with Crippen LogP contribution >= 0.6 is 0 Å². The second kappa shape index (κ2) is 9.11. The highest BCUT2D eigenvalue weighted by molar-refractivity contribution is 7.89. The van der Waals surface area contributed by atoms with Crippen LogP contribution in [0.3, 0.4) is 0 Å². The molecule has 26 heavy (non-hydrogen) atoms. The molecule has 0 radical (unpaired) electrons.